The molecule has 9 nitrogen and oxygen atoms in total. The Balaban J connectivity index is 3.64. The van der Waals surface area contributed by atoms with Crippen LogP contribution in [0.2, 0.25) is 0 Å². The largest absolute Gasteiger partial charge is 0.472 e. The summed E-state index contributed by atoms with van der Waals surface area (Å²) in [6.45, 7) is 3.38. The summed E-state index contributed by atoms with van der Waals surface area (Å²) < 4.78 is 27.0. The average molecular weight is 928 g/mol. The number of aliphatic hydroxyl groups is 1. The zero-order chi connectivity index (χ0) is 47.4. The Labute approximate surface area is 397 Å². The van der Waals surface area contributed by atoms with E-state index in [0.29, 0.717) is 6.42 Å². The van der Waals surface area contributed by atoms with Crippen LogP contribution in [-0.2, 0) is 27.9 Å². The second-order valence-electron chi connectivity index (χ2n) is 16.8. The van der Waals surface area contributed by atoms with Gasteiger partial charge in [0, 0.05) is 19.4 Å². The van der Waals surface area contributed by atoms with Crippen LogP contribution in [0.25, 0.3) is 0 Å². The highest BCUT2D eigenvalue weighted by atomic mass is 31.2. The first kappa shape index (κ1) is 61.9. The van der Waals surface area contributed by atoms with E-state index < -0.39 is 26.5 Å². The van der Waals surface area contributed by atoms with E-state index >= 15 is 0 Å². The highest BCUT2D eigenvalue weighted by Gasteiger charge is 2.23. The van der Waals surface area contributed by atoms with Gasteiger partial charge in [0.2, 0.25) is 5.91 Å². The first-order valence-electron chi connectivity index (χ1n) is 25.7. The summed E-state index contributed by atoms with van der Waals surface area (Å²) in [5.41, 5.74) is 0. The van der Waals surface area contributed by atoms with E-state index in [1.165, 1.54) is 83.5 Å². The molecule has 0 bridgehead atoms. The van der Waals surface area contributed by atoms with Crippen molar-refractivity contribution in [3.8, 4) is 0 Å². The molecular formula is C55H94NO8P. The molecule has 0 spiro atoms. The van der Waals surface area contributed by atoms with Gasteiger partial charge in [0.15, 0.2) is 0 Å². The van der Waals surface area contributed by atoms with Gasteiger partial charge in [-0.15, -0.1) is 0 Å². The molecule has 0 aliphatic heterocycles. The highest BCUT2D eigenvalue weighted by Crippen LogP contribution is 2.42. The van der Waals surface area contributed by atoms with Crippen molar-refractivity contribution in [3.05, 3.63) is 97.2 Å². The van der Waals surface area contributed by atoms with E-state index in [4.69, 9.17) is 13.8 Å². The number of aliphatic hydroxyl groups excluding tert-OH is 1. The average Bonchev–Trinajstić information content (AvgIpc) is 3.29. The van der Waals surface area contributed by atoms with Crippen molar-refractivity contribution in [3.63, 3.8) is 0 Å². The molecule has 0 aromatic carbocycles. The number of hydrogen-bond donors (Lipinski definition) is 3. The minimum Gasteiger partial charge on any atom is -0.463 e. The van der Waals surface area contributed by atoms with Crippen molar-refractivity contribution in [2.24, 2.45) is 0 Å². The lowest BCUT2D eigenvalue weighted by atomic mass is 10.0. The molecule has 0 aliphatic rings. The van der Waals surface area contributed by atoms with Crippen molar-refractivity contribution in [2.75, 3.05) is 26.4 Å². The molecule has 0 aliphatic carbocycles. The molecular weight excluding hydrogens is 834 g/mol. The molecule has 0 heterocycles. The lowest BCUT2D eigenvalue weighted by Crippen LogP contribution is -2.27. The van der Waals surface area contributed by atoms with Crippen LogP contribution in [0.1, 0.15) is 206 Å². The first-order chi connectivity index (χ1) is 31.8. The van der Waals surface area contributed by atoms with Crippen LogP contribution < -0.4 is 5.32 Å². The Morgan fingerprint density at radius 1 is 0.492 bits per heavy atom. The van der Waals surface area contributed by atoms with Crippen molar-refractivity contribution >= 4 is 19.7 Å². The van der Waals surface area contributed by atoms with Crippen LogP contribution in [0.15, 0.2) is 97.2 Å². The zero-order valence-electron chi connectivity index (χ0n) is 41.1. The first-order valence-corrected chi connectivity index (χ1v) is 27.2. The fourth-order valence-corrected chi connectivity index (χ4v) is 7.41. The summed E-state index contributed by atoms with van der Waals surface area (Å²) in [5, 5.41) is 12.7. The van der Waals surface area contributed by atoms with E-state index in [-0.39, 0.29) is 32.1 Å². The number of allylic oxidation sites excluding steroid dienone is 16. The predicted molar refractivity (Wildman–Crippen MR) is 275 cm³/mol. The molecule has 3 N–H and O–H groups in total. The normalized spacial score (nSPS) is 14.0. The molecule has 0 aromatic heterocycles. The molecule has 0 rings (SSSR count). The zero-order valence-corrected chi connectivity index (χ0v) is 42.0. The maximum atomic E-state index is 12.2. The minimum atomic E-state index is -4.44. The monoisotopic (exact) mass is 928 g/mol. The molecule has 0 saturated carbocycles. The van der Waals surface area contributed by atoms with Gasteiger partial charge in [0.05, 0.1) is 13.2 Å². The van der Waals surface area contributed by atoms with Gasteiger partial charge >= 0.3 is 13.8 Å². The molecule has 10 heteroatoms. The predicted octanol–water partition coefficient (Wildman–Crippen LogP) is 15.3. The summed E-state index contributed by atoms with van der Waals surface area (Å²) in [5.74, 6) is -0.548. The number of phosphoric acid groups is 1. The topological polar surface area (TPSA) is 131 Å². The number of carbonyl (C=O) groups is 2. The number of hydrogen-bond acceptors (Lipinski definition) is 7. The number of amides is 1. The van der Waals surface area contributed by atoms with E-state index in [1.807, 2.05) is 0 Å². The number of carbonyl (C=O) groups excluding carboxylic acids is 2. The third kappa shape index (κ3) is 51.8. The van der Waals surface area contributed by atoms with E-state index in [9.17, 15) is 24.2 Å². The summed E-state index contributed by atoms with van der Waals surface area (Å²) >= 11 is 0. The number of esters is 1. The molecule has 0 aromatic rings. The summed E-state index contributed by atoms with van der Waals surface area (Å²) in [7, 11) is -4.44. The third-order valence-electron chi connectivity index (χ3n) is 10.5. The van der Waals surface area contributed by atoms with Gasteiger partial charge in [-0.1, -0.05) is 195 Å². The molecule has 2 unspecified atom stereocenters. The summed E-state index contributed by atoms with van der Waals surface area (Å²) in [6, 6.07) is 0. The Morgan fingerprint density at radius 2 is 0.877 bits per heavy atom. The second-order valence-corrected chi connectivity index (χ2v) is 18.2. The number of ether oxygens (including phenoxy) is 1. The van der Waals surface area contributed by atoms with Gasteiger partial charge in [0.25, 0.3) is 0 Å². The fourth-order valence-electron chi connectivity index (χ4n) is 6.65. The Kier molecular flexibility index (Phi) is 48.0. The maximum Gasteiger partial charge on any atom is 0.472 e. The van der Waals surface area contributed by atoms with Crippen LogP contribution in [0.5, 0.6) is 0 Å². The minimum absolute atomic E-state index is 0.0616. The molecule has 372 valence electrons. The Hall–Kier alpha value is -3.07. The Bertz CT molecular complexity index is 1380. The summed E-state index contributed by atoms with van der Waals surface area (Å²) in [4.78, 5) is 34.1. The van der Waals surface area contributed by atoms with E-state index in [0.717, 1.165) is 96.3 Å². The van der Waals surface area contributed by atoms with Crippen LogP contribution in [0.3, 0.4) is 0 Å². The van der Waals surface area contributed by atoms with Crippen molar-refractivity contribution in [2.45, 2.75) is 213 Å². The van der Waals surface area contributed by atoms with Crippen LogP contribution in [0, 0.1) is 0 Å². The van der Waals surface area contributed by atoms with Crippen molar-refractivity contribution in [1.29, 1.82) is 0 Å². The number of nitrogens with one attached hydrogen (secondary N) is 1. The summed E-state index contributed by atoms with van der Waals surface area (Å²) in [6.07, 6.45) is 66.3. The van der Waals surface area contributed by atoms with Crippen LogP contribution >= 0.6 is 7.82 Å². The molecule has 0 fully saturated rings. The van der Waals surface area contributed by atoms with E-state index in [2.05, 4.69) is 116 Å². The van der Waals surface area contributed by atoms with Crippen molar-refractivity contribution in [1.82, 2.24) is 5.32 Å². The molecule has 0 radical (unpaired) electrons. The number of unbranched alkanes of at least 4 members (excludes halogenated alkanes) is 18. The van der Waals surface area contributed by atoms with Gasteiger partial charge < -0.3 is 20.1 Å². The fraction of sp³-hybridized carbons (Fsp3) is 0.673. The third-order valence-corrected chi connectivity index (χ3v) is 11.5. The number of phosphoric ester groups is 1. The van der Waals surface area contributed by atoms with Crippen LogP contribution in [0.4, 0.5) is 0 Å². The molecule has 2 atom stereocenters. The van der Waals surface area contributed by atoms with Gasteiger partial charge in [-0.25, -0.2) is 4.57 Å². The van der Waals surface area contributed by atoms with Gasteiger partial charge in [-0.3, -0.25) is 18.6 Å². The van der Waals surface area contributed by atoms with Gasteiger partial charge in [0.1, 0.15) is 12.7 Å². The number of rotatable bonds is 47. The van der Waals surface area contributed by atoms with Crippen molar-refractivity contribution < 1.29 is 37.9 Å². The standard InChI is InChI=1S/C55H94NO8P/c1-3-5-7-9-11-13-15-17-19-21-23-25-26-28-29-31-33-35-37-39-41-43-45-47-54(58)56-49-50-63-65(60,61)64-52-53(57)51-62-55(59)48-46-44-42-40-38-36-34-32-30-27-24-22-20-18-16-14-12-10-8-6-4-2/h5,7,11-14,17-20,23,25,28-29,33,35,53,57H,3-4,6,8-10,15-16,21-22,24,26-27,30-32,34,36-52H2,1-2H3,(H,56,58)(H,60,61)/b7-5-,13-11-,14-12-,19-17-,20-18-,25-23-,29-28-,35-33-. The molecule has 1 amide bonds. The second kappa shape index (κ2) is 50.3. The SMILES string of the molecule is CC/C=C\C/C=C\C/C=C\C/C=C\C/C=C\C/C=C\CCCCCCC(=O)NCCOP(=O)(O)OCC(O)COC(=O)CCCCCCCCCCCCC/C=C\C/C=C\CCCCC. The molecule has 0 saturated heterocycles. The quantitative estimate of drug-likeness (QED) is 0.0238. The lowest BCUT2D eigenvalue weighted by molar-refractivity contribution is -0.147. The smallest absolute Gasteiger partial charge is 0.463 e. The Morgan fingerprint density at radius 3 is 1.32 bits per heavy atom. The van der Waals surface area contributed by atoms with E-state index in [1.54, 1.807) is 0 Å². The van der Waals surface area contributed by atoms with Gasteiger partial charge in [-0.05, 0) is 96.3 Å². The molecule has 65 heavy (non-hydrogen) atoms. The maximum absolute atomic E-state index is 12.2. The van der Waals surface area contributed by atoms with Gasteiger partial charge in [-0.2, -0.15) is 0 Å². The van der Waals surface area contributed by atoms with Crippen LogP contribution in [-0.4, -0.2) is 54.3 Å². The highest BCUT2D eigenvalue weighted by molar-refractivity contribution is 7.47. The lowest BCUT2D eigenvalue weighted by Gasteiger charge is -2.15.